The Morgan fingerprint density at radius 2 is 1.50 bits per heavy atom. The molecular weight excluding hydrogens is 252 g/mol. The van der Waals surface area contributed by atoms with Gasteiger partial charge in [0.05, 0.1) is 6.10 Å². The van der Waals surface area contributed by atoms with Crippen molar-refractivity contribution in [3.8, 4) is 0 Å². The van der Waals surface area contributed by atoms with E-state index in [0.29, 0.717) is 18.6 Å². The van der Waals surface area contributed by atoms with Crippen LogP contribution in [-0.2, 0) is 9.47 Å². The van der Waals surface area contributed by atoms with Gasteiger partial charge in [-0.25, -0.2) is 0 Å². The zero-order valence-electron chi connectivity index (χ0n) is 14.1. The molecule has 0 spiro atoms. The second-order valence-electron chi connectivity index (χ2n) is 6.31. The molecule has 1 N–H and O–H groups in total. The molecule has 0 radical (unpaired) electrons. The Balaban J connectivity index is 3.28. The van der Waals surface area contributed by atoms with Crippen LogP contribution < -0.4 is 0 Å². The van der Waals surface area contributed by atoms with E-state index in [4.69, 9.17) is 9.47 Å². The Hall–Kier alpha value is -0.120. The van der Waals surface area contributed by atoms with Crippen LogP contribution in [0.2, 0.25) is 0 Å². The van der Waals surface area contributed by atoms with E-state index < -0.39 is 0 Å². The third-order valence-corrected chi connectivity index (χ3v) is 3.59. The molecule has 3 nitrogen and oxygen atoms in total. The van der Waals surface area contributed by atoms with Crippen LogP contribution >= 0.6 is 0 Å². The van der Waals surface area contributed by atoms with E-state index in [2.05, 4.69) is 20.8 Å². The van der Waals surface area contributed by atoms with Gasteiger partial charge in [-0.1, -0.05) is 33.6 Å². The van der Waals surface area contributed by atoms with Gasteiger partial charge >= 0.3 is 0 Å². The summed E-state index contributed by atoms with van der Waals surface area (Å²) in [6.45, 7) is 10.6. The first-order chi connectivity index (χ1) is 9.56. The van der Waals surface area contributed by atoms with E-state index in [1.807, 2.05) is 6.92 Å². The molecule has 0 aromatic heterocycles. The fraction of sp³-hybridized carbons (Fsp3) is 1.00. The molecule has 0 aliphatic carbocycles. The fourth-order valence-corrected chi connectivity index (χ4v) is 2.65. The molecule has 0 aliphatic heterocycles. The van der Waals surface area contributed by atoms with Crippen LogP contribution in [0.4, 0.5) is 0 Å². The second-order valence-corrected chi connectivity index (χ2v) is 6.31. The average Bonchev–Trinajstić information content (AvgIpc) is 2.35. The first-order valence-electron chi connectivity index (χ1n) is 8.39. The predicted molar refractivity (Wildman–Crippen MR) is 84.8 cm³/mol. The number of hydrogen-bond acceptors (Lipinski definition) is 3. The molecule has 0 amide bonds. The van der Waals surface area contributed by atoms with E-state index in [1.54, 1.807) is 0 Å². The van der Waals surface area contributed by atoms with Gasteiger partial charge in [0.25, 0.3) is 0 Å². The highest BCUT2D eigenvalue weighted by Gasteiger charge is 2.10. The summed E-state index contributed by atoms with van der Waals surface area (Å²) in [5, 5.41) is 9.35. The maximum Gasteiger partial charge on any atom is 0.146 e. The third-order valence-electron chi connectivity index (χ3n) is 3.59. The number of ether oxygens (including phenoxy) is 2. The Morgan fingerprint density at radius 3 is 2.10 bits per heavy atom. The SMILES string of the molecule is CCCCCOCOCCCC(C)CC(C)CC(C)O. The summed E-state index contributed by atoms with van der Waals surface area (Å²) in [6, 6.07) is 0. The topological polar surface area (TPSA) is 38.7 Å². The molecule has 0 aromatic carbocycles. The summed E-state index contributed by atoms with van der Waals surface area (Å²) in [7, 11) is 0. The Bertz CT molecular complexity index is 195. The highest BCUT2D eigenvalue weighted by atomic mass is 16.7. The molecular formula is C17H36O3. The van der Waals surface area contributed by atoms with Crippen LogP contribution in [0.5, 0.6) is 0 Å². The van der Waals surface area contributed by atoms with E-state index in [1.165, 1.54) is 25.7 Å². The minimum Gasteiger partial charge on any atom is -0.393 e. The van der Waals surface area contributed by atoms with Gasteiger partial charge in [0, 0.05) is 13.2 Å². The van der Waals surface area contributed by atoms with E-state index in [0.717, 1.165) is 32.5 Å². The van der Waals surface area contributed by atoms with Gasteiger partial charge in [0.2, 0.25) is 0 Å². The molecule has 20 heavy (non-hydrogen) atoms. The molecule has 0 aromatic rings. The minimum absolute atomic E-state index is 0.176. The number of aliphatic hydroxyl groups excluding tert-OH is 1. The summed E-state index contributed by atoms with van der Waals surface area (Å²) in [5.41, 5.74) is 0. The summed E-state index contributed by atoms with van der Waals surface area (Å²) >= 11 is 0. The van der Waals surface area contributed by atoms with Crippen molar-refractivity contribution in [2.45, 2.75) is 78.7 Å². The van der Waals surface area contributed by atoms with Crippen LogP contribution in [0.25, 0.3) is 0 Å². The van der Waals surface area contributed by atoms with Crippen molar-refractivity contribution in [1.29, 1.82) is 0 Å². The molecule has 3 heteroatoms. The lowest BCUT2D eigenvalue weighted by Crippen LogP contribution is -2.11. The van der Waals surface area contributed by atoms with Gasteiger partial charge in [-0.05, 0) is 50.9 Å². The van der Waals surface area contributed by atoms with E-state index in [9.17, 15) is 5.11 Å². The lowest BCUT2D eigenvalue weighted by atomic mass is 9.90. The molecule has 0 fully saturated rings. The lowest BCUT2D eigenvalue weighted by molar-refractivity contribution is -0.0561. The largest absolute Gasteiger partial charge is 0.393 e. The van der Waals surface area contributed by atoms with Crippen molar-refractivity contribution in [3.63, 3.8) is 0 Å². The van der Waals surface area contributed by atoms with Crippen LogP contribution in [0.3, 0.4) is 0 Å². The number of unbranched alkanes of at least 4 members (excludes halogenated alkanes) is 2. The second kappa shape index (κ2) is 13.8. The predicted octanol–water partition coefficient (Wildman–Crippen LogP) is 4.38. The van der Waals surface area contributed by atoms with Gasteiger partial charge in [0.1, 0.15) is 6.79 Å². The van der Waals surface area contributed by atoms with Crippen LogP contribution in [0, 0.1) is 11.8 Å². The van der Waals surface area contributed by atoms with Crippen molar-refractivity contribution in [3.05, 3.63) is 0 Å². The molecule has 3 unspecified atom stereocenters. The molecule has 0 saturated heterocycles. The van der Waals surface area contributed by atoms with E-state index in [-0.39, 0.29) is 6.10 Å². The normalized spacial score (nSPS) is 16.1. The van der Waals surface area contributed by atoms with Gasteiger partial charge < -0.3 is 14.6 Å². The van der Waals surface area contributed by atoms with Crippen molar-refractivity contribution >= 4 is 0 Å². The standard InChI is InChI=1S/C17H36O3/c1-5-6-7-10-19-14-20-11-8-9-15(2)12-16(3)13-17(4)18/h15-18H,5-14H2,1-4H3. The first kappa shape index (κ1) is 19.9. The van der Waals surface area contributed by atoms with Crippen LogP contribution in [0.15, 0.2) is 0 Å². The molecule has 3 atom stereocenters. The summed E-state index contributed by atoms with van der Waals surface area (Å²) in [5.74, 6) is 1.31. The Kier molecular flexibility index (Phi) is 13.8. The highest BCUT2D eigenvalue weighted by Crippen LogP contribution is 2.20. The monoisotopic (exact) mass is 288 g/mol. The number of hydrogen-bond donors (Lipinski definition) is 1. The highest BCUT2D eigenvalue weighted by molar-refractivity contribution is 4.62. The van der Waals surface area contributed by atoms with Gasteiger partial charge in [-0.2, -0.15) is 0 Å². The van der Waals surface area contributed by atoms with Crippen molar-refractivity contribution < 1.29 is 14.6 Å². The maximum atomic E-state index is 9.35. The third kappa shape index (κ3) is 14.3. The number of aliphatic hydroxyl groups is 1. The smallest absolute Gasteiger partial charge is 0.146 e. The fourth-order valence-electron chi connectivity index (χ4n) is 2.65. The van der Waals surface area contributed by atoms with E-state index >= 15 is 0 Å². The quantitative estimate of drug-likeness (QED) is 0.381. The van der Waals surface area contributed by atoms with Gasteiger partial charge in [-0.15, -0.1) is 0 Å². The zero-order valence-corrected chi connectivity index (χ0v) is 14.1. The lowest BCUT2D eigenvalue weighted by Gasteiger charge is -2.18. The molecule has 0 rings (SSSR count). The molecule has 122 valence electrons. The summed E-state index contributed by atoms with van der Waals surface area (Å²) in [4.78, 5) is 0. The first-order valence-corrected chi connectivity index (χ1v) is 8.39. The molecule has 0 saturated carbocycles. The van der Waals surface area contributed by atoms with Crippen molar-refractivity contribution in [2.75, 3.05) is 20.0 Å². The van der Waals surface area contributed by atoms with Gasteiger partial charge in [-0.3, -0.25) is 0 Å². The Morgan fingerprint density at radius 1 is 0.850 bits per heavy atom. The molecule has 0 heterocycles. The molecule has 0 bridgehead atoms. The van der Waals surface area contributed by atoms with Crippen LogP contribution in [0.1, 0.15) is 72.6 Å². The Labute approximate surface area is 126 Å². The van der Waals surface area contributed by atoms with Gasteiger partial charge in [0.15, 0.2) is 0 Å². The zero-order chi connectivity index (χ0) is 15.2. The molecule has 0 aliphatic rings. The average molecular weight is 288 g/mol. The van der Waals surface area contributed by atoms with Crippen molar-refractivity contribution in [1.82, 2.24) is 0 Å². The summed E-state index contributed by atoms with van der Waals surface area (Å²) in [6.07, 6.45) is 7.83. The van der Waals surface area contributed by atoms with Crippen molar-refractivity contribution in [2.24, 2.45) is 11.8 Å². The summed E-state index contributed by atoms with van der Waals surface area (Å²) < 4.78 is 10.9. The minimum atomic E-state index is -0.176. The van der Waals surface area contributed by atoms with Crippen LogP contribution in [-0.4, -0.2) is 31.2 Å². The maximum absolute atomic E-state index is 9.35. The number of rotatable bonds is 14.